The average molecular weight is 505 g/mol. The van der Waals surface area contributed by atoms with Crippen molar-refractivity contribution in [2.24, 2.45) is 16.3 Å². The van der Waals surface area contributed by atoms with Crippen molar-refractivity contribution in [1.29, 1.82) is 0 Å². The molecule has 5 heteroatoms. The Morgan fingerprint density at radius 2 is 1.76 bits per heavy atom. The van der Waals surface area contributed by atoms with Crippen LogP contribution in [0.4, 0.5) is 5.69 Å². The largest absolute Gasteiger partial charge is 0.489 e. The normalized spacial score (nSPS) is 15.4. The number of carbonyl (C=O) groups is 2. The quantitative estimate of drug-likeness (QED) is 0.155. The maximum atomic E-state index is 13.3. The Morgan fingerprint density at radius 3 is 2.38 bits per heavy atom. The van der Waals surface area contributed by atoms with E-state index in [1.54, 1.807) is 0 Å². The summed E-state index contributed by atoms with van der Waals surface area (Å²) in [6.07, 6.45) is 9.50. The van der Waals surface area contributed by atoms with E-state index >= 15 is 0 Å². The van der Waals surface area contributed by atoms with Gasteiger partial charge in [0.05, 0.1) is 11.7 Å². The fourth-order valence-corrected chi connectivity index (χ4v) is 4.77. The first-order valence-electron chi connectivity index (χ1n) is 14.0. The summed E-state index contributed by atoms with van der Waals surface area (Å²) in [5.74, 6) is 1.54. The Bertz CT molecular complexity index is 1040. The molecule has 0 saturated heterocycles. The first-order valence-corrected chi connectivity index (χ1v) is 14.0. The zero-order valence-corrected chi connectivity index (χ0v) is 23.1. The van der Waals surface area contributed by atoms with Crippen LogP contribution in [0.1, 0.15) is 89.7 Å². The molecule has 2 aromatic rings. The Kier molecular flexibility index (Phi) is 10.9. The number of nitrogens with zero attached hydrogens (tertiary/aromatic N) is 1. The Balaban J connectivity index is 1.63. The molecule has 3 rings (SSSR count). The van der Waals surface area contributed by atoms with Gasteiger partial charge in [-0.05, 0) is 67.9 Å². The third-order valence-corrected chi connectivity index (χ3v) is 7.34. The molecular weight excluding hydrogens is 460 g/mol. The molecule has 1 fully saturated rings. The lowest BCUT2D eigenvalue weighted by atomic mass is 9.64. The molecule has 1 saturated carbocycles. The number of hydrogen-bond acceptors (Lipinski definition) is 4. The van der Waals surface area contributed by atoms with Crippen molar-refractivity contribution >= 4 is 23.6 Å². The van der Waals surface area contributed by atoms with Crippen LogP contribution >= 0.6 is 0 Å². The van der Waals surface area contributed by atoms with E-state index in [0.717, 1.165) is 54.7 Å². The summed E-state index contributed by atoms with van der Waals surface area (Å²) in [7, 11) is 0. The van der Waals surface area contributed by atoms with E-state index in [2.05, 4.69) is 24.2 Å². The summed E-state index contributed by atoms with van der Waals surface area (Å²) in [6, 6.07) is 15.8. The zero-order chi connectivity index (χ0) is 26.7. The highest BCUT2D eigenvalue weighted by Gasteiger charge is 2.49. The highest BCUT2D eigenvalue weighted by molar-refractivity contribution is 6.07. The van der Waals surface area contributed by atoms with Gasteiger partial charge in [-0.1, -0.05) is 76.8 Å². The lowest BCUT2D eigenvalue weighted by Crippen LogP contribution is -2.53. The van der Waals surface area contributed by atoms with Crippen molar-refractivity contribution < 1.29 is 14.3 Å². The molecule has 1 atom stereocenters. The van der Waals surface area contributed by atoms with E-state index < -0.39 is 5.41 Å². The van der Waals surface area contributed by atoms with Crippen molar-refractivity contribution in [2.45, 2.75) is 98.1 Å². The molecule has 1 aliphatic rings. The second-order valence-electron chi connectivity index (χ2n) is 10.9. The molecule has 200 valence electrons. The van der Waals surface area contributed by atoms with Crippen LogP contribution in [0.25, 0.3) is 0 Å². The number of ether oxygens (including phenoxy) is 1. The van der Waals surface area contributed by atoms with Gasteiger partial charge in [0.25, 0.3) is 0 Å². The van der Waals surface area contributed by atoms with Gasteiger partial charge < -0.3 is 10.1 Å². The number of unbranched alkanes of at least 4 members (excludes halogenated alkanes) is 1. The third kappa shape index (κ3) is 8.28. The second-order valence-corrected chi connectivity index (χ2v) is 10.9. The monoisotopic (exact) mass is 504 g/mol. The first-order chi connectivity index (χ1) is 17.8. The lowest BCUT2D eigenvalue weighted by Gasteiger charge is -2.39. The molecule has 0 aromatic heterocycles. The van der Waals surface area contributed by atoms with Gasteiger partial charge in [0.2, 0.25) is 5.91 Å². The lowest BCUT2D eigenvalue weighted by molar-refractivity contribution is -0.148. The summed E-state index contributed by atoms with van der Waals surface area (Å²) >= 11 is 0. The number of hydrogen-bond donors (Lipinski definition) is 1. The van der Waals surface area contributed by atoms with Gasteiger partial charge in [-0.25, -0.2) is 0 Å². The van der Waals surface area contributed by atoms with Crippen LogP contribution in [-0.2, 0) is 16.2 Å². The molecule has 5 nitrogen and oxygen atoms in total. The van der Waals surface area contributed by atoms with Crippen molar-refractivity contribution in [1.82, 2.24) is 5.32 Å². The number of para-hydroxylation sites is 1. The van der Waals surface area contributed by atoms with Gasteiger partial charge in [0.15, 0.2) is 0 Å². The number of benzene rings is 2. The summed E-state index contributed by atoms with van der Waals surface area (Å²) in [5, 5.41) is 3.18. The molecule has 0 aliphatic heterocycles. The van der Waals surface area contributed by atoms with Crippen LogP contribution in [0.5, 0.6) is 5.75 Å². The predicted molar refractivity (Wildman–Crippen MR) is 152 cm³/mol. The first kappa shape index (κ1) is 28.6. The average Bonchev–Trinajstić information content (AvgIpc) is 2.84. The van der Waals surface area contributed by atoms with E-state index in [-0.39, 0.29) is 17.7 Å². The van der Waals surface area contributed by atoms with Crippen LogP contribution < -0.4 is 10.1 Å². The van der Waals surface area contributed by atoms with Crippen LogP contribution in [0.2, 0.25) is 0 Å². The number of ketones is 1. The van der Waals surface area contributed by atoms with E-state index in [0.29, 0.717) is 31.8 Å². The molecule has 1 amide bonds. The summed E-state index contributed by atoms with van der Waals surface area (Å²) in [6.45, 7) is 8.99. The van der Waals surface area contributed by atoms with Gasteiger partial charge >= 0.3 is 0 Å². The third-order valence-electron chi connectivity index (χ3n) is 7.34. The molecule has 37 heavy (non-hydrogen) atoms. The number of nitrogens with one attached hydrogen (secondary N) is 1. The molecule has 1 aliphatic carbocycles. The maximum Gasteiger partial charge on any atom is 0.234 e. The van der Waals surface area contributed by atoms with Gasteiger partial charge in [0.1, 0.15) is 23.6 Å². The fourth-order valence-electron chi connectivity index (χ4n) is 4.77. The Morgan fingerprint density at radius 1 is 1.05 bits per heavy atom. The Labute approximate surface area is 223 Å². The van der Waals surface area contributed by atoms with Crippen molar-refractivity contribution in [3.8, 4) is 5.75 Å². The topological polar surface area (TPSA) is 67.8 Å². The summed E-state index contributed by atoms with van der Waals surface area (Å²) < 4.78 is 5.95. The minimum atomic E-state index is -0.821. The summed E-state index contributed by atoms with van der Waals surface area (Å²) in [5.41, 5.74) is 2.20. The molecular formula is C32H44N2O3. The molecule has 1 N–H and O–H groups in total. The van der Waals surface area contributed by atoms with Crippen LogP contribution in [0.3, 0.4) is 0 Å². The van der Waals surface area contributed by atoms with Gasteiger partial charge in [0, 0.05) is 12.6 Å². The smallest absolute Gasteiger partial charge is 0.234 e. The van der Waals surface area contributed by atoms with E-state index in [9.17, 15) is 9.59 Å². The van der Waals surface area contributed by atoms with Gasteiger partial charge in [-0.2, -0.15) is 0 Å². The molecule has 1 unspecified atom stereocenters. The summed E-state index contributed by atoms with van der Waals surface area (Å²) in [4.78, 5) is 30.7. The van der Waals surface area contributed by atoms with Crippen molar-refractivity contribution in [3.63, 3.8) is 0 Å². The maximum absolute atomic E-state index is 13.3. The highest BCUT2D eigenvalue weighted by Crippen LogP contribution is 2.43. The van der Waals surface area contributed by atoms with E-state index in [4.69, 9.17) is 4.74 Å². The van der Waals surface area contributed by atoms with Crippen LogP contribution in [0.15, 0.2) is 53.5 Å². The van der Waals surface area contributed by atoms with Crippen molar-refractivity contribution in [3.05, 3.63) is 59.7 Å². The van der Waals surface area contributed by atoms with E-state index in [1.165, 1.54) is 6.42 Å². The predicted octanol–water partition coefficient (Wildman–Crippen LogP) is 7.52. The van der Waals surface area contributed by atoms with Gasteiger partial charge in [-0.15, -0.1) is 0 Å². The molecule has 0 bridgehead atoms. The fraction of sp³-hybridized carbons (Fsp3) is 0.531. The highest BCUT2D eigenvalue weighted by atomic mass is 16.5. The standard InChI is InChI=1S/C32H44N2O3/c1-5-11-30(35)32(20-10-21-32)31(36)34-28(14-8-6-12-24(2)3)22-33-27-18-16-26(17-19-27)23-37-29-15-9-7-13-25(29)4/h7,9,13,15-19,22,24,28H,5-6,8,10-12,14,20-21,23H2,1-4H3,(H,34,36). The number of amides is 1. The minimum Gasteiger partial charge on any atom is -0.489 e. The van der Waals surface area contributed by atoms with Gasteiger partial charge in [-0.3, -0.25) is 14.6 Å². The van der Waals surface area contributed by atoms with Crippen LogP contribution in [-0.4, -0.2) is 23.9 Å². The van der Waals surface area contributed by atoms with E-state index in [1.807, 2.05) is 68.6 Å². The molecule has 0 radical (unpaired) electrons. The number of aliphatic imine (C=N–C) groups is 1. The zero-order valence-electron chi connectivity index (χ0n) is 23.1. The number of Topliss-reactive ketones (excluding diaryl/α,β-unsaturated/α-hetero) is 1. The van der Waals surface area contributed by atoms with Crippen LogP contribution in [0, 0.1) is 18.3 Å². The number of rotatable bonds is 15. The van der Waals surface area contributed by atoms with Crippen molar-refractivity contribution in [2.75, 3.05) is 0 Å². The number of aryl methyl sites for hydroxylation is 1. The molecule has 2 aromatic carbocycles. The molecule has 0 heterocycles. The SMILES string of the molecule is CCCC(=O)C1(C(=O)NC(C=Nc2ccc(COc3ccccc3C)cc2)CCCCC(C)C)CCC1. The molecule has 0 spiro atoms. The second kappa shape index (κ2) is 14.1. The minimum absolute atomic E-state index is 0.0951. The number of carbonyl (C=O) groups excluding carboxylic acids is 2. The Hall–Kier alpha value is -2.95.